The number of rotatable bonds is 3. The Kier molecular flexibility index (Phi) is 3.99. The zero-order valence-corrected chi connectivity index (χ0v) is 12.2. The molecule has 6 heteroatoms. The number of carboxylic acids is 1. The number of nitrogens with one attached hydrogen (secondary N) is 1. The molecule has 1 aliphatic carbocycles. The zero-order valence-electron chi connectivity index (χ0n) is 10.6. The van der Waals surface area contributed by atoms with Gasteiger partial charge in [0.1, 0.15) is 5.54 Å². The summed E-state index contributed by atoms with van der Waals surface area (Å²) in [6.07, 6.45) is 3.92. The van der Waals surface area contributed by atoms with Crippen LogP contribution in [0.5, 0.6) is 0 Å². The van der Waals surface area contributed by atoms with Crippen LogP contribution < -0.4 is 5.32 Å². The Hall–Kier alpha value is -1.30. The molecule has 1 aromatic heterocycles. The van der Waals surface area contributed by atoms with Crippen LogP contribution in [0.15, 0.2) is 21.4 Å². The number of aliphatic carboxylic acids is 1. The summed E-state index contributed by atoms with van der Waals surface area (Å²) in [4.78, 5) is 23.6. The first-order valence-electron chi connectivity index (χ1n) is 6.23. The Labute approximate surface area is 119 Å². The van der Waals surface area contributed by atoms with E-state index >= 15 is 0 Å². The van der Waals surface area contributed by atoms with Crippen LogP contribution in [-0.2, 0) is 4.79 Å². The molecule has 2 N–H and O–H groups in total. The maximum Gasteiger partial charge on any atom is 0.329 e. The van der Waals surface area contributed by atoms with Crippen LogP contribution in [0.4, 0.5) is 0 Å². The molecule has 1 aliphatic rings. The summed E-state index contributed by atoms with van der Waals surface area (Å²) in [5, 5.41) is 12.1. The van der Waals surface area contributed by atoms with Crippen LogP contribution in [0.2, 0.25) is 0 Å². The molecule has 1 heterocycles. The van der Waals surface area contributed by atoms with E-state index < -0.39 is 17.4 Å². The second-order valence-corrected chi connectivity index (χ2v) is 5.85. The molecule has 0 spiro atoms. The second-order valence-electron chi connectivity index (χ2n) is 5.13. The van der Waals surface area contributed by atoms with Crippen molar-refractivity contribution < 1.29 is 19.1 Å². The molecule has 0 unspecified atom stereocenters. The highest BCUT2D eigenvalue weighted by molar-refractivity contribution is 9.10. The number of carboxylic acid groups (broad SMARTS) is 1. The van der Waals surface area contributed by atoms with Gasteiger partial charge in [-0.15, -0.1) is 0 Å². The summed E-state index contributed by atoms with van der Waals surface area (Å²) in [6.45, 7) is 2.10. The van der Waals surface area contributed by atoms with Gasteiger partial charge in [0.05, 0.1) is 11.8 Å². The Bertz CT molecular complexity index is 489. The molecule has 5 nitrogen and oxygen atoms in total. The smallest absolute Gasteiger partial charge is 0.329 e. The summed E-state index contributed by atoms with van der Waals surface area (Å²) < 4.78 is 5.31. The van der Waals surface area contributed by atoms with Crippen molar-refractivity contribution in [2.45, 2.75) is 38.1 Å². The Morgan fingerprint density at radius 1 is 1.47 bits per heavy atom. The van der Waals surface area contributed by atoms with Crippen LogP contribution in [0.3, 0.4) is 0 Å². The Morgan fingerprint density at radius 2 is 2.11 bits per heavy atom. The number of carbonyl (C=O) groups is 2. The first kappa shape index (κ1) is 14.1. The Morgan fingerprint density at radius 3 is 2.58 bits per heavy atom. The molecule has 19 heavy (non-hydrogen) atoms. The van der Waals surface area contributed by atoms with Crippen LogP contribution in [0, 0.1) is 5.92 Å². The van der Waals surface area contributed by atoms with Gasteiger partial charge < -0.3 is 14.8 Å². The number of carbonyl (C=O) groups excluding carboxylic acids is 1. The maximum atomic E-state index is 12.1. The van der Waals surface area contributed by atoms with Gasteiger partial charge in [-0.05, 0) is 53.6 Å². The SMILES string of the molecule is CC1CCC(NC(=O)c2ccoc2Br)(C(=O)O)CC1. The van der Waals surface area contributed by atoms with Gasteiger partial charge in [0.15, 0.2) is 4.67 Å². The summed E-state index contributed by atoms with van der Waals surface area (Å²) in [6, 6.07) is 1.51. The normalized spacial score (nSPS) is 26.9. The highest BCUT2D eigenvalue weighted by Crippen LogP contribution is 2.32. The number of amides is 1. The van der Waals surface area contributed by atoms with Gasteiger partial charge in [-0.3, -0.25) is 4.79 Å². The fourth-order valence-corrected chi connectivity index (χ4v) is 2.81. The van der Waals surface area contributed by atoms with Crippen molar-refractivity contribution in [3.63, 3.8) is 0 Å². The van der Waals surface area contributed by atoms with Gasteiger partial charge in [0.25, 0.3) is 5.91 Å². The topological polar surface area (TPSA) is 79.5 Å². The second kappa shape index (κ2) is 5.36. The zero-order chi connectivity index (χ0) is 14.0. The third-order valence-corrected chi connectivity index (χ3v) is 4.37. The van der Waals surface area contributed by atoms with E-state index in [1.165, 1.54) is 12.3 Å². The molecule has 104 valence electrons. The number of halogens is 1. The fourth-order valence-electron chi connectivity index (χ4n) is 2.39. The van der Waals surface area contributed by atoms with E-state index in [-0.39, 0.29) is 0 Å². The Balaban J connectivity index is 2.16. The van der Waals surface area contributed by atoms with Gasteiger partial charge in [0, 0.05) is 0 Å². The molecule has 2 rings (SSSR count). The lowest BCUT2D eigenvalue weighted by Gasteiger charge is -2.36. The van der Waals surface area contributed by atoms with Crippen molar-refractivity contribution in [2.24, 2.45) is 5.92 Å². The summed E-state index contributed by atoms with van der Waals surface area (Å²) in [7, 11) is 0. The quantitative estimate of drug-likeness (QED) is 0.893. The van der Waals surface area contributed by atoms with Crippen molar-refractivity contribution in [3.8, 4) is 0 Å². The van der Waals surface area contributed by atoms with E-state index in [1.54, 1.807) is 0 Å². The highest BCUT2D eigenvalue weighted by Gasteiger charge is 2.42. The summed E-state index contributed by atoms with van der Waals surface area (Å²) in [5.41, 5.74) is -0.834. The average Bonchev–Trinajstić information content (AvgIpc) is 2.78. The van der Waals surface area contributed by atoms with E-state index in [0.29, 0.717) is 29.0 Å². The fraction of sp³-hybridized carbons (Fsp3) is 0.538. The lowest BCUT2D eigenvalue weighted by molar-refractivity contribution is -0.146. The predicted octanol–water partition coefficient (Wildman–Crippen LogP) is 2.81. The van der Waals surface area contributed by atoms with Gasteiger partial charge in [0.2, 0.25) is 0 Å². The third kappa shape index (κ3) is 2.83. The van der Waals surface area contributed by atoms with Crippen molar-refractivity contribution in [2.75, 3.05) is 0 Å². The van der Waals surface area contributed by atoms with Gasteiger partial charge in [-0.2, -0.15) is 0 Å². The lowest BCUT2D eigenvalue weighted by Crippen LogP contribution is -2.56. The molecule has 1 saturated carbocycles. The van der Waals surface area contributed by atoms with E-state index in [4.69, 9.17) is 4.42 Å². The first-order chi connectivity index (χ1) is 8.94. The standard InChI is InChI=1S/C13H16BrNO4/c1-8-2-5-13(6-3-8,12(17)18)15-11(16)9-4-7-19-10(9)14/h4,7-8H,2-3,5-6H2,1H3,(H,15,16)(H,17,18). The molecule has 0 aliphatic heterocycles. The van der Waals surface area contributed by atoms with Crippen molar-refractivity contribution >= 4 is 27.8 Å². The minimum Gasteiger partial charge on any atom is -0.480 e. The average molecular weight is 330 g/mol. The predicted molar refractivity (Wildman–Crippen MR) is 71.9 cm³/mol. The molecule has 0 bridgehead atoms. The van der Waals surface area contributed by atoms with Crippen LogP contribution in [-0.4, -0.2) is 22.5 Å². The molecule has 1 amide bonds. The van der Waals surface area contributed by atoms with Gasteiger partial charge in [-0.25, -0.2) is 4.79 Å². The van der Waals surface area contributed by atoms with E-state index in [1.807, 2.05) is 0 Å². The molecule has 0 atom stereocenters. The lowest BCUT2D eigenvalue weighted by atomic mass is 9.77. The molecular formula is C13H16BrNO4. The highest BCUT2D eigenvalue weighted by atomic mass is 79.9. The van der Waals surface area contributed by atoms with Crippen molar-refractivity contribution in [1.82, 2.24) is 5.32 Å². The molecule has 1 aromatic rings. The monoisotopic (exact) mass is 329 g/mol. The largest absolute Gasteiger partial charge is 0.480 e. The van der Waals surface area contributed by atoms with E-state index in [2.05, 4.69) is 28.2 Å². The van der Waals surface area contributed by atoms with Crippen LogP contribution >= 0.6 is 15.9 Å². The van der Waals surface area contributed by atoms with Gasteiger partial charge >= 0.3 is 5.97 Å². The van der Waals surface area contributed by atoms with Crippen LogP contribution in [0.1, 0.15) is 43.0 Å². The number of hydrogen-bond acceptors (Lipinski definition) is 3. The van der Waals surface area contributed by atoms with Crippen LogP contribution in [0.25, 0.3) is 0 Å². The van der Waals surface area contributed by atoms with Crippen molar-refractivity contribution in [3.05, 3.63) is 22.6 Å². The third-order valence-electron chi connectivity index (χ3n) is 3.75. The van der Waals surface area contributed by atoms with Crippen molar-refractivity contribution in [1.29, 1.82) is 0 Å². The number of hydrogen-bond donors (Lipinski definition) is 2. The first-order valence-corrected chi connectivity index (χ1v) is 7.03. The molecule has 0 radical (unpaired) electrons. The van der Waals surface area contributed by atoms with E-state index in [0.717, 1.165) is 12.8 Å². The molecule has 0 saturated heterocycles. The number of furan rings is 1. The van der Waals surface area contributed by atoms with E-state index in [9.17, 15) is 14.7 Å². The minimum atomic E-state index is -1.15. The molecule has 0 aromatic carbocycles. The minimum absolute atomic E-state index is 0.315. The molecular weight excluding hydrogens is 314 g/mol. The summed E-state index contributed by atoms with van der Waals surface area (Å²) >= 11 is 3.12. The summed E-state index contributed by atoms with van der Waals surface area (Å²) in [5.74, 6) is -0.880. The maximum absolute atomic E-state index is 12.1. The van der Waals surface area contributed by atoms with Gasteiger partial charge in [-0.1, -0.05) is 6.92 Å². The molecule has 1 fully saturated rings.